The zero-order valence-corrected chi connectivity index (χ0v) is 16.1. The SMILES string of the molecule is CC1COCCN1C(=O)c1cccc(NC(=O)CCCOc2ccccc2)c1. The van der Waals surface area contributed by atoms with E-state index in [2.05, 4.69) is 5.32 Å². The second-order valence-electron chi connectivity index (χ2n) is 6.82. The van der Waals surface area contributed by atoms with Gasteiger partial charge in [0.1, 0.15) is 5.75 Å². The molecule has 1 fully saturated rings. The van der Waals surface area contributed by atoms with Gasteiger partial charge in [-0.25, -0.2) is 0 Å². The number of benzene rings is 2. The zero-order valence-electron chi connectivity index (χ0n) is 16.1. The third-order valence-electron chi connectivity index (χ3n) is 4.58. The smallest absolute Gasteiger partial charge is 0.254 e. The van der Waals surface area contributed by atoms with Crippen molar-refractivity contribution < 1.29 is 19.1 Å². The largest absolute Gasteiger partial charge is 0.494 e. The quantitative estimate of drug-likeness (QED) is 0.746. The molecule has 1 N–H and O–H groups in total. The number of amides is 2. The van der Waals surface area contributed by atoms with Crippen LogP contribution in [-0.4, -0.2) is 49.1 Å². The summed E-state index contributed by atoms with van der Waals surface area (Å²) in [6, 6.07) is 16.6. The van der Waals surface area contributed by atoms with E-state index in [-0.39, 0.29) is 17.9 Å². The maximum atomic E-state index is 12.7. The van der Waals surface area contributed by atoms with Gasteiger partial charge in [-0.3, -0.25) is 9.59 Å². The van der Waals surface area contributed by atoms with Crippen LogP contribution >= 0.6 is 0 Å². The van der Waals surface area contributed by atoms with Crippen molar-refractivity contribution in [3.05, 3.63) is 60.2 Å². The molecule has 1 aliphatic heterocycles. The first kappa shape index (κ1) is 19.9. The van der Waals surface area contributed by atoms with Crippen molar-refractivity contribution in [2.75, 3.05) is 31.7 Å². The molecule has 1 aliphatic rings. The minimum absolute atomic E-state index is 0.0387. The third kappa shape index (κ3) is 5.57. The Labute approximate surface area is 165 Å². The summed E-state index contributed by atoms with van der Waals surface area (Å²) >= 11 is 0. The van der Waals surface area contributed by atoms with Crippen molar-refractivity contribution in [2.24, 2.45) is 0 Å². The van der Waals surface area contributed by atoms with E-state index in [0.717, 1.165) is 5.75 Å². The highest BCUT2D eigenvalue weighted by Gasteiger charge is 2.24. The molecule has 0 aliphatic carbocycles. The molecule has 0 radical (unpaired) electrons. The predicted molar refractivity (Wildman–Crippen MR) is 108 cm³/mol. The van der Waals surface area contributed by atoms with Crippen LogP contribution in [0.15, 0.2) is 54.6 Å². The lowest BCUT2D eigenvalue weighted by Crippen LogP contribution is -2.47. The Bertz CT molecular complexity index is 794. The van der Waals surface area contributed by atoms with Gasteiger partial charge in [-0.15, -0.1) is 0 Å². The summed E-state index contributed by atoms with van der Waals surface area (Å²) in [5.74, 6) is 0.663. The summed E-state index contributed by atoms with van der Waals surface area (Å²) in [6.07, 6.45) is 0.968. The van der Waals surface area contributed by atoms with Gasteiger partial charge in [0.05, 0.1) is 25.9 Å². The number of carbonyl (C=O) groups is 2. The summed E-state index contributed by atoms with van der Waals surface area (Å²) in [4.78, 5) is 26.7. The number of rotatable bonds is 7. The molecule has 1 heterocycles. The first-order valence-electron chi connectivity index (χ1n) is 9.60. The van der Waals surface area contributed by atoms with Crippen LogP contribution in [0, 0.1) is 0 Å². The second-order valence-corrected chi connectivity index (χ2v) is 6.82. The average molecular weight is 382 g/mol. The van der Waals surface area contributed by atoms with E-state index in [9.17, 15) is 9.59 Å². The fraction of sp³-hybridized carbons (Fsp3) is 0.364. The van der Waals surface area contributed by atoms with Crippen LogP contribution in [0.5, 0.6) is 5.75 Å². The number of nitrogens with zero attached hydrogens (tertiary/aromatic N) is 1. The zero-order chi connectivity index (χ0) is 19.8. The van der Waals surface area contributed by atoms with Gasteiger partial charge >= 0.3 is 0 Å². The van der Waals surface area contributed by atoms with Crippen LogP contribution in [0.2, 0.25) is 0 Å². The number of anilines is 1. The summed E-state index contributed by atoms with van der Waals surface area (Å²) in [5, 5.41) is 2.86. The van der Waals surface area contributed by atoms with E-state index in [1.54, 1.807) is 24.3 Å². The lowest BCUT2D eigenvalue weighted by molar-refractivity contribution is -0.116. The Morgan fingerprint density at radius 1 is 1.18 bits per heavy atom. The molecule has 28 heavy (non-hydrogen) atoms. The maximum absolute atomic E-state index is 12.7. The first-order valence-corrected chi connectivity index (χ1v) is 9.60. The van der Waals surface area contributed by atoms with Gasteiger partial charge in [-0.2, -0.15) is 0 Å². The van der Waals surface area contributed by atoms with Gasteiger partial charge in [0.15, 0.2) is 0 Å². The van der Waals surface area contributed by atoms with E-state index in [1.165, 1.54) is 0 Å². The summed E-state index contributed by atoms with van der Waals surface area (Å²) in [5.41, 5.74) is 1.19. The molecule has 0 spiro atoms. The fourth-order valence-electron chi connectivity index (χ4n) is 3.09. The van der Waals surface area contributed by atoms with Gasteiger partial charge in [-0.05, 0) is 43.7 Å². The van der Waals surface area contributed by atoms with Crippen LogP contribution in [0.3, 0.4) is 0 Å². The maximum Gasteiger partial charge on any atom is 0.254 e. The van der Waals surface area contributed by atoms with Gasteiger partial charge in [-0.1, -0.05) is 24.3 Å². The molecule has 0 aromatic heterocycles. The molecule has 6 nitrogen and oxygen atoms in total. The van der Waals surface area contributed by atoms with Crippen molar-refractivity contribution in [2.45, 2.75) is 25.8 Å². The van der Waals surface area contributed by atoms with E-state index in [1.807, 2.05) is 42.2 Å². The van der Waals surface area contributed by atoms with Crippen LogP contribution in [0.1, 0.15) is 30.1 Å². The van der Waals surface area contributed by atoms with Gasteiger partial charge in [0, 0.05) is 24.2 Å². The summed E-state index contributed by atoms with van der Waals surface area (Å²) in [6.45, 7) is 4.13. The monoisotopic (exact) mass is 382 g/mol. The molecule has 2 aromatic rings. The Balaban J connectivity index is 1.48. The number of para-hydroxylation sites is 1. The predicted octanol–water partition coefficient (Wildman–Crippen LogP) is 3.35. The number of carbonyl (C=O) groups excluding carboxylic acids is 2. The Kier molecular flexibility index (Phi) is 7.03. The summed E-state index contributed by atoms with van der Waals surface area (Å²) < 4.78 is 11.0. The highest BCUT2D eigenvalue weighted by Crippen LogP contribution is 2.16. The van der Waals surface area contributed by atoms with Gasteiger partial charge in [0.25, 0.3) is 5.91 Å². The van der Waals surface area contributed by atoms with Crippen molar-refractivity contribution in [3.63, 3.8) is 0 Å². The van der Waals surface area contributed by atoms with Crippen molar-refractivity contribution >= 4 is 17.5 Å². The molecule has 148 valence electrons. The molecular formula is C22H26N2O4. The molecule has 2 aromatic carbocycles. The second kappa shape index (κ2) is 9.90. The molecule has 3 rings (SSSR count). The Morgan fingerprint density at radius 3 is 2.79 bits per heavy atom. The molecule has 6 heteroatoms. The Morgan fingerprint density at radius 2 is 2.00 bits per heavy atom. The fourth-order valence-corrected chi connectivity index (χ4v) is 3.09. The normalized spacial score (nSPS) is 16.5. The topological polar surface area (TPSA) is 67.9 Å². The highest BCUT2D eigenvalue weighted by molar-refractivity contribution is 5.97. The van der Waals surface area contributed by atoms with Crippen molar-refractivity contribution in [3.8, 4) is 5.75 Å². The molecule has 0 saturated carbocycles. The standard InChI is InChI=1S/C22H26N2O4/c1-17-16-27-14-12-24(17)22(26)18-7-5-8-19(15-18)23-21(25)11-6-13-28-20-9-3-2-4-10-20/h2-5,7-10,15,17H,6,11-14,16H2,1H3,(H,23,25). The first-order chi connectivity index (χ1) is 13.6. The van der Waals surface area contributed by atoms with E-state index < -0.39 is 0 Å². The highest BCUT2D eigenvalue weighted by atomic mass is 16.5. The van der Waals surface area contributed by atoms with Crippen LogP contribution in [-0.2, 0) is 9.53 Å². The minimum Gasteiger partial charge on any atom is -0.494 e. The van der Waals surface area contributed by atoms with Crippen LogP contribution in [0.25, 0.3) is 0 Å². The molecule has 1 atom stereocenters. The lowest BCUT2D eigenvalue weighted by Gasteiger charge is -2.33. The summed E-state index contributed by atoms with van der Waals surface area (Å²) in [7, 11) is 0. The van der Waals surface area contributed by atoms with E-state index in [4.69, 9.17) is 9.47 Å². The van der Waals surface area contributed by atoms with Gasteiger partial charge < -0.3 is 19.7 Å². The van der Waals surface area contributed by atoms with Crippen LogP contribution in [0.4, 0.5) is 5.69 Å². The molecule has 2 amide bonds. The molecule has 0 bridgehead atoms. The number of hydrogen-bond donors (Lipinski definition) is 1. The molecule has 1 saturated heterocycles. The lowest BCUT2D eigenvalue weighted by atomic mass is 10.1. The minimum atomic E-state index is -0.0963. The van der Waals surface area contributed by atoms with Crippen LogP contribution < -0.4 is 10.1 Å². The number of ether oxygens (including phenoxy) is 2. The average Bonchev–Trinajstić information content (AvgIpc) is 2.72. The van der Waals surface area contributed by atoms with E-state index in [0.29, 0.717) is 50.5 Å². The number of nitrogens with one attached hydrogen (secondary N) is 1. The number of morpholine rings is 1. The van der Waals surface area contributed by atoms with Gasteiger partial charge in [0.2, 0.25) is 5.91 Å². The molecule has 1 unspecified atom stereocenters. The van der Waals surface area contributed by atoms with Crippen molar-refractivity contribution in [1.29, 1.82) is 0 Å². The number of hydrogen-bond acceptors (Lipinski definition) is 4. The molecular weight excluding hydrogens is 356 g/mol. The Hall–Kier alpha value is -2.86. The van der Waals surface area contributed by atoms with Crippen molar-refractivity contribution in [1.82, 2.24) is 4.90 Å². The van der Waals surface area contributed by atoms with E-state index >= 15 is 0 Å². The third-order valence-corrected chi connectivity index (χ3v) is 4.58.